The molecule has 0 saturated carbocycles. The number of hydrogen-bond acceptors (Lipinski definition) is 6. The SMILES string of the molecule is COc1ccccc1N1CCN(CC(O)COc2cccc(CC(C)=O)c2)CC1. The highest BCUT2D eigenvalue weighted by molar-refractivity contribution is 5.78. The number of benzene rings is 2. The number of ketones is 1. The van der Waals surface area contributed by atoms with Gasteiger partial charge in [0.15, 0.2) is 0 Å². The Kier molecular flexibility index (Phi) is 7.49. The lowest BCUT2D eigenvalue weighted by molar-refractivity contribution is -0.116. The third-order valence-corrected chi connectivity index (χ3v) is 5.06. The van der Waals surface area contributed by atoms with Crippen LogP contribution >= 0.6 is 0 Å². The van der Waals surface area contributed by atoms with E-state index in [1.54, 1.807) is 14.0 Å². The molecule has 1 atom stereocenters. The minimum Gasteiger partial charge on any atom is -0.495 e. The van der Waals surface area contributed by atoms with Gasteiger partial charge in [0.2, 0.25) is 0 Å². The minimum atomic E-state index is -0.565. The third-order valence-electron chi connectivity index (χ3n) is 5.06. The molecular weight excluding hydrogens is 368 g/mol. The number of carbonyl (C=O) groups is 1. The second kappa shape index (κ2) is 10.3. The number of Topliss-reactive ketones (excluding diaryl/α,β-unsaturated/α-hetero) is 1. The van der Waals surface area contributed by atoms with Gasteiger partial charge in [0.1, 0.15) is 30.0 Å². The van der Waals surface area contributed by atoms with Crippen molar-refractivity contribution in [1.29, 1.82) is 0 Å². The molecule has 2 aromatic carbocycles. The fourth-order valence-electron chi connectivity index (χ4n) is 3.64. The van der Waals surface area contributed by atoms with Crippen molar-refractivity contribution in [3.63, 3.8) is 0 Å². The van der Waals surface area contributed by atoms with Crippen LogP contribution in [-0.2, 0) is 11.2 Å². The van der Waals surface area contributed by atoms with E-state index in [1.165, 1.54) is 0 Å². The van der Waals surface area contributed by atoms with Crippen LogP contribution in [0.5, 0.6) is 11.5 Å². The van der Waals surface area contributed by atoms with Crippen LogP contribution in [0.25, 0.3) is 0 Å². The predicted octanol–water partition coefficient (Wildman–Crippen LogP) is 2.39. The van der Waals surface area contributed by atoms with Crippen molar-refractivity contribution in [1.82, 2.24) is 4.90 Å². The molecule has 2 aromatic rings. The Morgan fingerprint density at radius 3 is 2.59 bits per heavy atom. The number of methoxy groups -OCH3 is 1. The number of hydrogen-bond donors (Lipinski definition) is 1. The molecule has 1 saturated heterocycles. The molecule has 1 unspecified atom stereocenters. The van der Waals surface area contributed by atoms with E-state index in [1.807, 2.05) is 42.5 Å². The zero-order valence-corrected chi connectivity index (χ0v) is 17.2. The molecule has 6 nitrogen and oxygen atoms in total. The number of β-amino-alcohol motifs (C(OH)–C–C–N with tert-alkyl or cyclic N) is 1. The molecule has 1 heterocycles. The summed E-state index contributed by atoms with van der Waals surface area (Å²) in [6.07, 6.45) is -0.166. The topological polar surface area (TPSA) is 62.2 Å². The van der Waals surface area contributed by atoms with E-state index in [2.05, 4.69) is 15.9 Å². The predicted molar refractivity (Wildman–Crippen MR) is 114 cm³/mol. The Morgan fingerprint density at radius 1 is 1.10 bits per heavy atom. The molecule has 0 radical (unpaired) electrons. The van der Waals surface area contributed by atoms with Crippen LogP contribution in [0.3, 0.4) is 0 Å². The Hall–Kier alpha value is -2.57. The smallest absolute Gasteiger partial charge is 0.142 e. The zero-order chi connectivity index (χ0) is 20.6. The van der Waals surface area contributed by atoms with Gasteiger partial charge in [0.05, 0.1) is 12.8 Å². The van der Waals surface area contributed by atoms with E-state index in [0.29, 0.717) is 18.7 Å². The van der Waals surface area contributed by atoms with E-state index < -0.39 is 6.10 Å². The highest BCUT2D eigenvalue weighted by Crippen LogP contribution is 2.28. The molecule has 1 N–H and O–H groups in total. The summed E-state index contributed by atoms with van der Waals surface area (Å²) >= 11 is 0. The largest absolute Gasteiger partial charge is 0.495 e. The molecule has 6 heteroatoms. The quantitative estimate of drug-likeness (QED) is 0.700. The number of rotatable bonds is 9. The van der Waals surface area contributed by atoms with E-state index >= 15 is 0 Å². The number of aliphatic hydroxyl groups is 1. The van der Waals surface area contributed by atoms with Crippen molar-refractivity contribution in [3.8, 4) is 11.5 Å². The summed E-state index contributed by atoms with van der Waals surface area (Å²) in [4.78, 5) is 15.8. The first-order chi connectivity index (χ1) is 14.0. The van der Waals surface area contributed by atoms with E-state index in [0.717, 1.165) is 43.2 Å². The molecule has 0 amide bonds. The number of carbonyl (C=O) groups excluding carboxylic acids is 1. The van der Waals surface area contributed by atoms with Crippen molar-refractivity contribution < 1.29 is 19.4 Å². The summed E-state index contributed by atoms with van der Waals surface area (Å²) in [5, 5.41) is 10.4. The highest BCUT2D eigenvalue weighted by atomic mass is 16.5. The molecule has 0 aromatic heterocycles. The maximum Gasteiger partial charge on any atom is 0.142 e. The number of nitrogens with zero attached hydrogens (tertiary/aromatic N) is 2. The fourth-order valence-corrected chi connectivity index (χ4v) is 3.64. The standard InChI is InChI=1S/C23H30N2O4/c1-18(26)14-19-6-5-7-21(15-19)29-17-20(27)16-24-10-12-25(13-11-24)22-8-3-4-9-23(22)28-2/h3-9,15,20,27H,10-14,16-17H2,1-2H3. The minimum absolute atomic E-state index is 0.120. The van der Waals surface area contributed by atoms with Gasteiger partial charge >= 0.3 is 0 Å². The molecule has 29 heavy (non-hydrogen) atoms. The van der Waals surface area contributed by atoms with Crippen LogP contribution in [-0.4, -0.2) is 68.3 Å². The average Bonchev–Trinajstić information content (AvgIpc) is 2.73. The van der Waals surface area contributed by atoms with Crippen LogP contribution in [0, 0.1) is 0 Å². The van der Waals surface area contributed by atoms with Gasteiger partial charge in [-0.25, -0.2) is 0 Å². The van der Waals surface area contributed by atoms with Gasteiger partial charge in [-0.2, -0.15) is 0 Å². The fraction of sp³-hybridized carbons (Fsp3) is 0.435. The van der Waals surface area contributed by atoms with Gasteiger partial charge in [-0.15, -0.1) is 0 Å². The third kappa shape index (κ3) is 6.21. The molecular formula is C23H30N2O4. The number of anilines is 1. The summed E-state index contributed by atoms with van der Waals surface area (Å²) < 4.78 is 11.2. The average molecular weight is 399 g/mol. The summed E-state index contributed by atoms with van der Waals surface area (Å²) in [6, 6.07) is 15.6. The van der Waals surface area contributed by atoms with Gasteiger partial charge in [0, 0.05) is 39.1 Å². The van der Waals surface area contributed by atoms with E-state index in [4.69, 9.17) is 9.47 Å². The summed E-state index contributed by atoms with van der Waals surface area (Å²) in [6.45, 7) is 5.92. The maximum atomic E-state index is 11.3. The van der Waals surface area contributed by atoms with Crippen LogP contribution in [0.1, 0.15) is 12.5 Å². The maximum absolute atomic E-state index is 11.3. The van der Waals surface area contributed by atoms with Crippen molar-refractivity contribution in [2.45, 2.75) is 19.4 Å². The molecule has 0 spiro atoms. The van der Waals surface area contributed by atoms with Crippen LogP contribution in [0.4, 0.5) is 5.69 Å². The monoisotopic (exact) mass is 398 g/mol. The molecule has 1 aliphatic heterocycles. The Labute approximate surface area is 172 Å². The molecule has 0 bridgehead atoms. The van der Waals surface area contributed by atoms with E-state index in [9.17, 15) is 9.90 Å². The number of aliphatic hydroxyl groups excluding tert-OH is 1. The summed E-state index contributed by atoms with van der Waals surface area (Å²) in [5.41, 5.74) is 2.04. The molecule has 0 aliphatic carbocycles. The lowest BCUT2D eigenvalue weighted by Crippen LogP contribution is -2.49. The van der Waals surface area contributed by atoms with Crippen molar-refractivity contribution in [2.24, 2.45) is 0 Å². The normalized spacial score (nSPS) is 15.8. The van der Waals surface area contributed by atoms with Crippen LogP contribution < -0.4 is 14.4 Å². The molecule has 156 valence electrons. The lowest BCUT2D eigenvalue weighted by Gasteiger charge is -2.37. The summed E-state index contributed by atoms with van der Waals surface area (Å²) in [5.74, 6) is 1.69. The summed E-state index contributed by atoms with van der Waals surface area (Å²) in [7, 11) is 1.70. The van der Waals surface area contributed by atoms with Gasteiger partial charge in [-0.1, -0.05) is 24.3 Å². The Balaban J connectivity index is 1.44. The first-order valence-corrected chi connectivity index (χ1v) is 10.0. The number of para-hydroxylation sites is 2. The number of ether oxygens (including phenoxy) is 2. The van der Waals surface area contributed by atoms with Gasteiger partial charge in [-0.05, 0) is 36.8 Å². The number of piperazine rings is 1. The Bertz CT molecular complexity index is 803. The Morgan fingerprint density at radius 2 is 1.86 bits per heavy atom. The first-order valence-electron chi connectivity index (χ1n) is 10.0. The van der Waals surface area contributed by atoms with Crippen LogP contribution in [0.15, 0.2) is 48.5 Å². The highest BCUT2D eigenvalue weighted by Gasteiger charge is 2.21. The van der Waals surface area contributed by atoms with Gasteiger partial charge < -0.3 is 19.5 Å². The second-order valence-corrected chi connectivity index (χ2v) is 7.45. The van der Waals surface area contributed by atoms with Gasteiger partial charge in [-0.3, -0.25) is 9.69 Å². The zero-order valence-electron chi connectivity index (χ0n) is 17.2. The van der Waals surface area contributed by atoms with Crippen molar-refractivity contribution in [2.75, 3.05) is 51.3 Å². The van der Waals surface area contributed by atoms with Crippen molar-refractivity contribution in [3.05, 3.63) is 54.1 Å². The molecule has 3 rings (SSSR count). The van der Waals surface area contributed by atoms with E-state index in [-0.39, 0.29) is 12.4 Å². The van der Waals surface area contributed by atoms with Crippen LogP contribution in [0.2, 0.25) is 0 Å². The second-order valence-electron chi connectivity index (χ2n) is 7.45. The first kappa shape index (κ1) is 21.1. The van der Waals surface area contributed by atoms with Gasteiger partial charge in [0.25, 0.3) is 0 Å². The molecule has 1 fully saturated rings. The molecule has 1 aliphatic rings. The van der Waals surface area contributed by atoms with Crippen molar-refractivity contribution >= 4 is 11.5 Å². The lowest BCUT2D eigenvalue weighted by atomic mass is 10.1.